The Hall–Kier alpha value is -3.57. The predicted molar refractivity (Wildman–Crippen MR) is 141 cm³/mol. The van der Waals surface area contributed by atoms with Gasteiger partial charge in [0.2, 0.25) is 23.5 Å². The van der Waals surface area contributed by atoms with Crippen molar-refractivity contribution in [2.24, 2.45) is 11.8 Å². The lowest BCUT2D eigenvalue weighted by atomic mass is 9.81. The van der Waals surface area contributed by atoms with Gasteiger partial charge in [0, 0.05) is 38.2 Å². The van der Waals surface area contributed by atoms with Gasteiger partial charge in [-0.05, 0) is 64.0 Å². The Morgan fingerprint density at radius 1 is 1.03 bits per heavy atom. The standard InChI is InChI=1S/C26H30ClFN6O4/c1-33(2)12-13-34(3)26(37)16-6-4-15(5-7-16)24(35)32-22-21-18(9-10-19(28)30-21)38-23(22)25(36)31-20-11-8-17(27)14-29-20/h8-11,14-16H,4-7,12-13H2,1-3H3,(H,32,35)(H,29,31,36)/t15-,16-. The molecular formula is C26H30ClFN6O4. The van der Waals surface area contributed by atoms with Crippen LogP contribution in [0.15, 0.2) is 34.9 Å². The largest absolute Gasteiger partial charge is 0.447 e. The number of halogens is 2. The first-order chi connectivity index (χ1) is 18.1. The van der Waals surface area contributed by atoms with Crippen LogP contribution < -0.4 is 10.6 Å². The molecular weight excluding hydrogens is 515 g/mol. The normalized spacial score (nSPS) is 17.4. The van der Waals surface area contributed by atoms with Crippen LogP contribution in [0.3, 0.4) is 0 Å². The number of nitrogens with one attached hydrogen (secondary N) is 2. The summed E-state index contributed by atoms with van der Waals surface area (Å²) in [5.41, 5.74) is 0.155. The average Bonchev–Trinajstić information content (AvgIpc) is 3.25. The first-order valence-corrected chi connectivity index (χ1v) is 12.7. The second-order valence-corrected chi connectivity index (χ2v) is 10.1. The van der Waals surface area contributed by atoms with Gasteiger partial charge < -0.3 is 24.9 Å². The quantitative estimate of drug-likeness (QED) is 0.411. The smallest absolute Gasteiger partial charge is 0.294 e. The molecule has 0 spiro atoms. The Balaban J connectivity index is 1.46. The molecule has 1 aliphatic carbocycles. The summed E-state index contributed by atoms with van der Waals surface area (Å²) in [4.78, 5) is 50.7. The van der Waals surface area contributed by atoms with Crippen molar-refractivity contribution in [2.75, 3.05) is 44.9 Å². The Kier molecular flexibility index (Phi) is 8.58. The highest BCUT2D eigenvalue weighted by Gasteiger charge is 2.33. The molecule has 1 aliphatic rings. The minimum atomic E-state index is -0.780. The van der Waals surface area contributed by atoms with Gasteiger partial charge >= 0.3 is 0 Å². The van der Waals surface area contributed by atoms with Crippen molar-refractivity contribution < 1.29 is 23.2 Å². The molecule has 10 nitrogen and oxygen atoms in total. The van der Waals surface area contributed by atoms with E-state index in [9.17, 15) is 18.8 Å². The topological polar surface area (TPSA) is 121 Å². The average molecular weight is 545 g/mol. The molecule has 3 heterocycles. The number of pyridine rings is 2. The van der Waals surface area contributed by atoms with E-state index in [0.29, 0.717) is 37.3 Å². The Morgan fingerprint density at radius 2 is 1.74 bits per heavy atom. The molecule has 2 N–H and O–H groups in total. The van der Waals surface area contributed by atoms with E-state index in [0.717, 1.165) is 12.6 Å². The number of carbonyl (C=O) groups is 3. The number of anilines is 2. The maximum absolute atomic E-state index is 14.0. The molecule has 38 heavy (non-hydrogen) atoms. The zero-order valence-corrected chi connectivity index (χ0v) is 22.2. The SMILES string of the molecule is CN(C)CCN(C)C(=O)[C@H]1CC[C@H](C(=O)Nc2c(C(=O)Nc3ccc(Cl)cn3)oc3ccc(F)nc23)CC1. The minimum Gasteiger partial charge on any atom is -0.447 e. The fourth-order valence-corrected chi connectivity index (χ4v) is 4.56. The van der Waals surface area contributed by atoms with Crippen molar-refractivity contribution in [2.45, 2.75) is 25.7 Å². The highest BCUT2D eigenvalue weighted by Crippen LogP contribution is 2.34. The van der Waals surface area contributed by atoms with Crippen LogP contribution in [0.4, 0.5) is 15.9 Å². The molecule has 1 saturated carbocycles. The monoisotopic (exact) mass is 544 g/mol. The number of amides is 3. The van der Waals surface area contributed by atoms with Crippen LogP contribution in [0, 0.1) is 17.8 Å². The molecule has 0 unspecified atom stereocenters. The summed E-state index contributed by atoms with van der Waals surface area (Å²) in [5, 5.41) is 5.72. The van der Waals surface area contributed by atoms with Gasteiger partial charge in [0.25, 0.3) is 5.91 Å². The molecule has 0 bridgehead atoms. The third kappa shape index (κ3) is 6.46. The molecule has 3 amide bonds. The first kappa shape index (κ1) is 27.5. The van der Waals surface area contributed by atoms with Crippen LogP contribution >= 0.6 is 11.6 Å². The summed E-state index contributed by atoms with van der Waals surface area (Å²) in [6, 6.07) is 5.52. The maximum Gasteiger partial charge on any atom is 0.294 e. The number of likely N-dealkylation sites (N-methyl/N-ethyl adjacent to an activating group) is 2. The summed E-state index contributed by atoms with van der Waals surface area (Å²) in [6.45, 7) is 1.41. The lowest BCUT2D eigenvalue weighted by Crippen LogP contribution is -2.39. The van der Waals surface area contributed by atoms with Gasteiger partial charge in [-0.1, -0.05) is 11.6 Å². The molecule has 3 aromatic heterocycles. The number of hydrogen-bond acceptors (Lipinski definition) is 7. The highest BCUT2D eigenvalue weighted by molar-refractivity contribution is 6.30. The molecule has 0 atom stereocenters. The van der Waals surface area contributed by atoms with E-state index in [1.54, 1.807) is 18.0 Å². The Labute approximate surface area is 224 Å². The van der Waals surface area contributed by atoms with Crippen LogP contribution in [0.25, 0.3) is 11.1 Å². The fraction of sp³-hybridized carbons (Fsp3) is 0.423. The van der Waals surface area contributed by atoms with Crippen molar-refractivity contribution in [3.8, 4) is 0 Å². The fourth-order valence-electron chi connectivity index (χ4n) is 4.45. The van der Waals surface area contributed by atoms with Crippen LogP contribution in [0.5, 0.6) is 0 Å². The lowest BCUT2D eigenvalue weighted by Gasteiger charge is -2.30. The van der Waals surface area contributed by atoms with Crippen LogP contribution in [0.1, 0.15) is 36.2 Å². The van der Waals surface area contributed by atoms with Crippen molar-refractivity contribution in [1.82, 2.24) is 19.8 Å². The van der Waals surface area contributed by atoms with E-state index in [-0.39, 0.29) is 52.0 Å². The third-order valence-electron chi connectivity index (χ3n) is 6.63. The molecule has 0 aromatic carbocycles. The number of fused-ring (bicyclic) bond motifs is 1. The Morgan fingerprint density at radius 3 is 2.39 bits per heavy atom. The molecule has 3 aromatic rings. The summed E-state index contributed by atoms with van der Waals surface area (Å²) in [6.07, 6.45) is 3.56. The third-order valence-corrected chi connectivity index (χ3v) is 6.85. The van der Waals surface area contributed by atoms with E-state index in [1.807, 2.05) is 19.0 Å². The number of furan rings is 1. The summed E-state index contributed by atoms with van der Waals surface area (Å²) >= 11 is 5.85. The van der Waals surface area contributed by atoms with Gasteiger partial charge in [-0.2, -0.15) is 4.39 Å². The van der Waals surface area contributed by atoms with Crippen LogP contribution in [0.2, 0.25) is 5.02 Å². The zero-order chi connectivity index (χ0) is 27.4. The summed E-state index contributed by atoms with van der Waals surface area (Å²) in [7, 11) is 5.71. The van der Waals surface area contributed by atoms with E-state index in [4.69, 9.17) is 16.0 Å². The highest BCUT2D eigenvalue weighted by atomic mass is 35.5. The minimum absolute atomic E-state index is 0.0161. The van der Waals surface area contributed by atoms with Gasteiger partial charge in [0.1, 0.15) is 17.0 Å². The molecule has 12 heteroatoms. The van der Waals surface area contributed by atoms with Crippen LogP contribution in [-0.2, 0) is 9.59 Å². The van der Waals surface area contributed by atoms with Crippen molar-refractivity contribution in [1.29, 1.82) is 0 Å². The Bertz CT molecular complexity index is 1320. The molecule has 0 radical (unpaired) electrons. The van der Waals surface area contributed by atoms with E-state index >= 15 is 0 Å². The lowest BCUT2D eigenvalue weighted by molar-refractivity contribution is -0.136. The molecule has 1 fully saturated rings. The van der Waals surface area contributed by atoms with Gasteiger partial charge in [0.05, 0.1) is 5.02 Å². The van der Waals surface area contributed by atoms with Gasteiger partial charge in [-0.3, -0.25) is 14.4 Å². The number of rotatable bonds is 8. The molecule has 4 rings (SSSR count). The maximum atomic E-state index is 14.0. The van der Waals surface area contributed by atoms with Crippen molar-refractivity contribution in [3.05, 3.63) is 47.2 Å². The van der Waals surface area contributed by atoms with E-state index < -0.39 is 11.9 Å². The van der Waals surface area contributed by atoms with E-state index in [2.05, 4.69) is 20.6 Å². The second-order valence-electron chi connectivity index (χ2n) is 9.70. The van der Waals surface area contributed by atoms with E-state index in [1.165, 1.54) is 18.3 Å². The van der Waals surface area contributed by atoms with Gasteiger partial charge in [-0.15, -0.1) is 0 Å². The number of hydrogen-bond donors (Lipinski definition) is 2. The number of aromatic nitrogens is 2. The molecule has 0 aliphatic heterocycles. The number of carbonyl (C=O) groups excluding carboxylic acids is 3. The summed E-state index contributed by atoms with van der Waals surface area (Å²) in [5.74, 6) is -2.25. The van der Waals surface area contributed by atoms with Crippen molar-refractivity contribution >= 4 is 51.9 Å². The van der Waals surface area contributed by atoms with Crippen molar-refractivity contribution in [3.63, 3.8) is 0 Å². The van der Waals surface area contributed by atoms with Gasteiger partial charge in [-0.25, -0.2) is 9.97 Å². The number of nitrogens with zero attached hydrogens (tertiary/aromatic N) is 4. The van der Waals surface area contributed by atoms with Crippen LogP contribution in [-0.4, -0.2) is 71.7 Å². The summed E-state index contributed by atoms with van der Waals surface area (Å²) < 4.78 is 19.6. The first-order valence-electron chi connectivity index (χ1n) is 12.3. The molecule has 202 valence electrons. The second kappa shape index (κ2) is 11.9. The predicted octanol–water partition coefficient (Wildman–Crippen LogP) is 4.03. The van der Waals surface area contributed by atoms with Gasteiger partial charge in [0.15, 0.2) is 5.58 Å². The zero-order valence-electron chi connectivity index (χ0n) is 21.5. The molecule has 0 saturated heterocycles.